The molecule has 0 unspecified atom stereocenters. The van der Waals surface area contributed by atoms with Gasteiger partial charge in [0.2, 0.25) is 10.0 Å². The number of benzene rings is 1. The van der Waals surface area contributed by atoms with Crippen LogP contribution in [-0.4, -0.2) is 41.8 Å². The van der Waals surface area contributed by atoms with E-state index in [4.69, 9.17) is 16.3 Å². The Labute approximate surface area is 129 Å². The first kappa shape index (κ1) is 19.6. The van der Waals surface area contributed by atoms with Crippen LogP contribution in [0.25, 0.3) is 0 Å². The zero-order valence-corrected chi connectivity index (χ0v) is 13.2. The SMILES string of the molecule is COCCNCCNS(=O)(=O)c1cc(F)ccc1Cl.Cl. The summed E-state index contributed by atoms with van der Waals surface area (Å²) in [6.07, 6.45) is 0. The molecular weight excluding hydrogens is 330 g/mol. The zero-order valence-electron chi connectivity index (χ0n) is 10.9. The first-order valence-electron chi connectivity index (χ1n) is 5.62. The molecule has 0 spiro atoms. The largest absolute Gasteiger partial charge is 0.383 e. The van der Waals surface area contributed by atoms with Crippen LogP contribution < -0.4 is 10.0 Å². The number of methoxy groups -OCH3 is 1. The average Bonchev–Trinajstić information content (AvgIpc) is 2.36. The molecule has 0 saturated carbocycles. The Kier molecular flexibility index (Phi) is 9.28. The molecule has 116 valence electrons. The Morgan fingerprint density at radius 1 is 1.30 bits per heavy atom. The molecule has 0 aliphatic rings. The molecule has 0 aliphatic carbocycles. The molecule has 0 bridgehead atoms. The second kappa shape index (κ2) is 9.49. The van der Waals surface area contributed by atoms with Crippen molar-refractivity contribution in [1.29, 1.82) is 0 Å². The topological polar surface area (TPSA) is 67.4 Å². The lowest BCUT2D eigenvalue weighted by Crippen LogP contribution is -2.33. The number of sulfonamides is 1. The first-order chi connectivity index (χ1) is 8.97. The van der Waals surface area contributed by atoms with Crippen molar-refractivity contribution in [2.45, 2.75) is 4.90 Å². The molecule has 2 N–H and O–H groups in total. The summed E-state index contributed by atoms with van der Waals surface area (Å²) in [5.41, 5.74) is 0. The summed E-state index contributed by atoms with van der Waals surface area (Å²) in [7, 11) is -2.22. The maximum Gasteiger partial charge on any atom is 0.242 e. The molecule has 5 nitrogen and oxygen atoms in total. The minimum Gasteiger partial charge on any atom is -0.383 e. The number of hydrogen-bond acceptors (Lipinski definition) is 4. The van der Waals surface area contributed by atoms with Gasteiger partial charge in [0.1, 0.15) is 10.7 Å². The maximum absolute atomic E-state index is 13.0. The standard InChI is InChI=1S/C11H16ClFN2O3S.ClH/c1-18-7-6-14-4-5-15-19(16,17)11-8-9(13)2-3-10(11)12;/h2-3,8,14-15H,4-7H2,1H3;1H. The van der Waals surface area contributed by atoms with Crippen LogP contribution in [0.3, 0.4) is 0 Å². The maximum atomic E-state index is 13.0. The highest BCUT2D eigenvalue weighted by Crippen LogP contribution is 2.21. The molecular formula is C11H17Cl2FN2O3S. The molecule has 0 heterocycles. The molecule has 0 saturated heterocycles. The lowest BCUT2D eigenvalue weighted by Gasteiger charge is -2.09. The van der Waals surface area contributed by atoms with Crippen molar-refractivity contribution >= 4 is 34.0 Å². The van der Waals surface area contributed by atoms with E-state index in [1.165, 1.54) is 6.07 Å². The van der Waals surface area contributed by atoms with E-state index < -0.39 is 15.8 Å². The van der Waals surface area contributed by atoms with E-state index in [9.17, 15) is 12.8 Å². The fourth-order valence-electron chi connectivity index (χ4n) is 1.33. The average molecular weight is 347 g/mol. The van der Waals surface area contributed by atoms with Crippen LogP contribution in [-0.2, 0) is 14.8 Å². The van der Waals surface area contributed by atoms with Gasteiger partial charge in [0.25, 0.3) is 0 Å². The smallest absolute Gasteiger partial charge is 0.242 e. The summed E-state index contributed by atoms with van der Waals surface area (Å²) >= 11 is 5.74. The van der Waals surface area contributed by atoms with Crippen LogP contribution >= 0.6 is 24.0 Å². The van der Waals surface area contributed by atoms with Crippen molar-refractivity contribution in [3.8, 4) is 0 Å². The van der Waals surface area contributed by atoms with Crippen LogP contribution in [0.5, 0.6) is 0 Å². The van der Waals surface area contributed by atoms with E-state index in [0.29, 0.717) is 19.7 Å². The zero-order chi connectivity index (χ0) is 14.3. The third kappa shape index (κ3) is 6.34. The molecule has 9 heteroatoms. The summed E-state index contributed by atoms with van der Waals surface area (Å²) in [6, 6.07) is 3.21. The van der Waals surface area contributed by atoms with E-state index in [0.717, 1.165) is 12.1 Å². The fourth-order valence-corrected chi connectivity index (χ4v) is 2.87. The highest BCUT2D eigenvalue weighted by Gasteiger charge is 2.17. The first-order valence-corrected chi connectivity index (χ1v) is 7.48. The Morgan fingerprint density at radius 3 is 2.65 bits per heavy atom. The monoisotopic (exact) mass is 346 g/mol. The summed E-state index contributed by atoms with van der Waals surface area (Å²) < 4.78 is 44.0. The molecule has 20 heavy (non-hydrogen) atoms. The number of rotatable bonds is 8. The molecule has 1 rings (SSSR count). The van der Waals surface area contributed by atoms with Crippen LogP contribution in [0, 0.1) is 5.82 Å². The molecule has 0 atom stereocenters. The summed E-state index contributed by atoms with van der Waals surface area (Å²) in [5, 5.41) is 2.96. The molecule has 0 aliphatic heterocycles. The predicted octanol–water partition coefficient (Wildman–Crippen LogP) is 1.42. The minimum absolute atomic E-state index is 0. The van der Waals surface area contributed by atoms with Gasteiger partial charge < -0.3 is 10.1 Å². The van der Waals surface area contributed by atoms with Crippen molar-refractivity contribution in [2.24, 2.45) is 0 Å². The normalized spacial score (nSPS) is 11.2. The third-order valence-electron chi connectivity index (χ3n) is 2.26. The van der Waals surface area contributed by atoms with Gasteiger partial charge in [0.05, 0.1) is 11.6 Å². The van der Waals surface area contributed by atoms with Gasteiger partial charge in [-0.1, -0.05) is 11.6 Å². The number of hydrogen-bond donors (Lipinski definition) is 2. The number of halogens is 3. The van der Waals surface area contributed by atoms with Gasteiger partial charge in [0.15, 0.2) is 0 Å². The van der Waals surface area contributed by atoms with Gasteiger partial charge >= 0.3 is 0 Å². The molecule has 0 amide bonds. The van der Waals surface area contributed by atoms with E-state index in [2.05, 4.69) is 10.0 Å². The Bertz CT molecular complexity index is 514. The van der Waals surface area contributed by atoms with E-state index >= 15 is 0 Å². The second-order valence-corrected chi connectivity index (χ2v) is 5.86. The summed E-state index contributed by atoms with van der Waals surface area (Å²) in [5.74, 6) is -0.650. The van der Waals surface area contributed by atoms with Crippen molar-refractivity contribution in [3.63, 3.8) is 0 Å². The van der Waals surface area contributed by atoms with Crippen molar-refractivity contribution < 1.29 is 17.5 Å². The van der Waals surface area contributed by atoms with Gasteiger partial charge in [-0.05, 0) is 18.2 Å². The molecule has 1 aromatic carbocycles. The highest BCUT2D eigenvalue weighted by molar-refractivity contribution is 7.89. The van der Waals surface area contributed by atoms with Crippen LogP contribution in [0.1, 0.15) is 0 Å². The number of ether oxygens (including phenoxy) is 1. The van der Waals surface area contributed by atoms with Gasteiger partial charge in [0, 0.05) is 26.7 Å². The van der Waals surface area contributed by atoms with E-state index in [-0.39, 0.29) is 28.9 Å². The predicted molar refractivity (Wildman–Crippen MR) is 78.6 cm³/mol. The fraction of sp³-hybridized carbons (Fsp3) is 0.455. The molecule has 0 aromatic heterocycles. The van der Waals surface area contributed by atoms with Crippen molar-refractivity contribution in [3.05, 3.63) is 29.0 Å². The second-order valence-electron chi connectivity index (χ2n) is 3.72. The summed E-state index contributed by atoms with van der Waals surface area (Å²) in [4.78, 5) is -0.258. The summed E-state index contributed by atoms with van der Waals surface area (Å²) in [6.45, 7) is 1.79. The molecule has 1 aromatic rings. The van der Waals surface area contributed by atoms with E-state index in [1.54, 1.807) is 7.11 Å². The molecule has 0 radical (unpaired) electrons. The van der Waals surface area contributed by atoms with Crippen LogP contribution in [0.15, 0.2) is 23.1 Å². The Hall–Kier alpha value is -0.440. The lowest BCUT2D eigenvalue weighted by molar-refractivity contribution is 0.199. The highest BCUT2D eigenvalue weighted by atomic mass is 35.5. The van der Waals surface area contributed by atoms with E-state index in [1.807, 2.05) is 0 Å². The van der Waals surface area contributed by atoms with Crippen molar-refractivity contribution in [1.82, 2.24) is 10.0 Å². The quantitative estimate of drug-likeness (QED) is 0.698. The van der Waals surface area contributed by atoms with Gasteiger partial charge in [-0.3, -0.25) is 0 Å². The lowest BCUT2D eigenvalue weighted by atomic mass is 10.3. The third-order valence-corrected chi connectivity index (χ3v) is 4.20. The Morgan fingerprint density at radius 2 is 2.00 bits per heavy atom. The van der Waals surface area contributed by atoms with Gasteiger partial charge in [-0.25, -0.2) is 17.5 Å². The van der Waals surface area contributed by atoms with Crippen molar-refractivity contribution in [2.75, 3.05) is 33.4 Å². The van der Waals surface area contributed by atoms with Gasteiger partial charge in [-0.15, -0.1) is 12.4 Å². The Balaban J connectivity index is 0.00000361. The minimum atomic E-state index is -3.80. The number of nitrogens with one attached hydrogen (secondary N) is 2. The van der Waals surface area contributed by atoms with Crippen LogP contribution in [0.4, 0.5) is 4.39 Å². The van der Waals surface area contributed by atoms with Crippen LogP contribution in [0.2, 0.25) is 5.02 Å². The molecule has 0 fully saturated rings. The van der Waals surface area contributed by atoms with Gasteiger partial charge in [-0.2, -0.15) is 0 Å².